The molecule has 1 aliphatic heterocycles. The number of carbonyl (C=O) groups excluding carboxylic acids is 1. The number of nitrogens with one attached hydrogen (secondary N) is 1. The molecule has 0 aromatic heterocycles. The SMILES string of the molecule is O=C(Cc1ccc2c(c1)CCO2)Nc1ccccc1Oc1ccccc1. The molecule has 26 heavy (non-hydrogen) atoms. The number of anilines is 1. The van der Waals surface area contributed by atoms with Gasteiger partial charge in [-0.1, -0.05) is 42.5 Å². The van der Waals surface area contributed by atoms with E-state index in [1.807, 2.05) is 72.8 Å². The molecule has 0 saturated carbocycles. The lowest BCUT2D eigenvalue weighted by Gasteiger charge is -2.12. The molecule has 0 saturated heterocycles. The number of amides is 1. The number of hydrogen-bond acceptors (Lipinski definition) is 3. The number of para-hydroxylation sites is 3. The van der Waals surface area contributed by atoms with Crippen molar-refractivity contribution in [1.29, 1.82) is 0 Å². The van der Waals surface area contributed by atoms with Crippen LogP contribution in [0.15, 0.2) is 72.8 Å². The van der Waals surface area contributed by atoms with Gasteiger partial charge in [0.25, 0.3) is 0 Å². The van der Waals surface area contributed by atoms with Crippen LogP contribution in [-0.2, 0) is 17.6 Å². The van der Waals surface area contributed by atoms with Crippen LogP contribution in [0.3, 0.4) is 0 Å². The summed E-state index contributed by atoms with van der Waals surface area (Å²) in [4.78, 5) is 12.5. The third-order valence-corrected chi connectivity index (χ3v) is 4.25. The number of hydrogen-bond donors (Lipinski definition) is 1. The minimum Gasteiger partial charge on any atom is -0.493 e. The summed E-state index contributed by atoms with van der Waals surface area (Å²) in [5, 5.41) is 2.95. The summed E-state index contributed by atoms with van der Waals surface area (Å²) in [6.45, 7) is 0.717. The highest BCUT2D eigenvalue weighted by molar-refractivity contribution is 5.93. The molecule has 0 atom stereocenters. The highest BCUT2D eigenvalue weighted by Crippen LogP contribution is 2.30. The van der Waals surface area contributed by atoms with Crippen molar-refractivity contribution >= 4 is 11.6 Å². The normalized spacial score (nSPS) is 12.2. The quantitative estimate of drug-likeness (QED) is 0.735. The van der Waals surface area contributed by atoms with Crippen molar-refractivity contribution in [3.8, 4) is 17.2 Å². The number of benzene rings is 3. The van der Waals surface area contributed by atoms with E-state index in [-0.39, 0.29) is 5.91 Å². The second-order valence-corrected chi connectivity index (χ2v) is 6.18. The number of fused-ring (bicyclic) bond motifs is 1. The Labute approximate surface area is 152 Å². The van der Waals surface area contributed by atoms with Crippen molar-refractivity contribution < 1.29 is 14.3 Å². The Bertz CT molecular complexity index is 922. The summed E-state index contributed by atoms with van der Waals surface area (Å²) in [5.41, 5.74) is 2.81. The third-order valence-electron chi connectivity index (χ3n) is 4.25. The lowest BCUT2D eigenvalue weighted by Crippen LogP contribution is -2.15. The first-order valence-electron chi connectivity index (χ1n) is 8.64. The topological polar surface area (TPSA) is 47.6 Å². The lowest BCUT2D eigenvalue weighted by molar-refractivity contribution is -0.115. The molecule has 130 valence electrons. The minimum atomic E-state index is -0.0759. The van der Waals surface area contributed by atoms with Crippen LogP contribution < -0.4 is 14.8 Å². The van der Waals surface area contributed by atoms with Gasteiger partial charge in [0, 0.05) is 6.42 Å². The second-order valence-electron chi connectivity index (χ2n) is 6.18. The first kappa shape index (κ1) is 16.2. The maximum absolute atomic E-state index is 12.5. The molecule has 0 unspecified atom stereocenters. The van der Waals surface area contributed by atoms with Crippen LogP contribution in [0.25, 0.3) is 0 Å². The van der Waals surface area contributed by atoms with Crippen molar-refractivity contribution in [1.82, 2.24) is 0 Å². The maximum Gasteiger partial charge on any atom is 0.228 e. The average Bonchev–Trinajstić information content (AvgIpc) is 3.12. The molecule has 4 nitrogen and oxygen atoms in total. The van der Waals surface area contributed by atoms with Crippen molar-refractivity contribution in [3.05, 3.63) is 83.9 Å². The predicted octanol–water partition coefficient (Wildman–Crippen LogP) is 4.60. The Morgan fingerprint density at radius 1 is 1.00 bits per heavy atom. The zero-order valence-electron chi connectivity index (χ0n) is 14.3. The summed E-state index contributed by atoms with van der Waals surface area (Å²) in [6, 6.07) is 22.9. The van der Waals surface area contributed by atoms with Gasteiger partial charge >= 0.3 is 0 Å². The van der Waals surface area contributed by atoms with Gasteiger partial charge in [0.05, 0.1) is 18.7 Å². The molecule has 0 fully saturated rings. The van der Waals surface area contributed by atoms with Crippen LogP contribution in [0.1, 0.15) is 11.1 Å². The molecule has 1 aliphatic rings. The summed E-state index contributed by atoms with van der Waals surface area (Å²) in [7, 11) is 0. The van der Waals surface area contributed by atoms with Crippen LogP contribution in [0.2, 0.25) is 0 Å². The van der Waals surface area contributed by atoms with Gasteiger partial charge < -0.3 is 14.8 Å². The molecule has 0 aliphatic carbocycles. The van der Waals surface area contributed by atoms with Crippen molar-refractivity contribution in [2.24, 2.45) is 0 Å². The van der Waals surface area contributed by atoms with Gasteiger partial charge in [-0.25, -0.2) is 0 Å². The first-order valence-corrected chi connectivity index (χ1v) is 8.64. The average molecular weight is 345 g/mol. The van der Waals surface area contributed by atoms with Crippen molar-refractivity contribution in [2.45, 2.75) is 12.8 Å². The number of ether oxygens (including phenoxy) is 2. The Hall–Kier alpha value is -3.27. The van der Waals surface area contributed by atoms with E-state index in [9.17, 15) is 4.79 Å². The largest absolute Gasteiger partial charge is 0.493 e. The zero-order valence-corrected chi connectivity index (χ0v) is 14.3. The fourth-order valence-corrected chi connectivity index (χ4v) is 3.00. The first-order chi connectivity index (χ1) is 12.8. The van der Waals surface area contributed by atoms with Gasteiger partial charge in [-0.2, -0.15) is 0 Å². The predicted molar refractivity (Wildman–Crippen MR) is 101 cm³/mol. The number of carbonyl (C=O) groups is 1. The Balaban J connectivity index is 1.46. The van der Waals surface area contributed by atoms with Gasteiger partial charge in [0.15, 0.2) is 5.75 Å². The van der Waals surface area contributed by atoms with Crippen LogP contribution in [0.5, 0.6) is 17.2 Å². The van der Waals surface area contributed by atoms with E-state index < -0.39 is 0 Å². The van der Waals surface area contributed by atoms with E-state index in [1.54, 1.807) is 0 Å². The molecular weight excluding hydrogens is 326 g/mol. The van der Waals surface area contributed by atoms with Gasteiger partial charge in [0.2, 0.25) is 5.91 Å². The highest BCUT2D eigenvalue weighted by atomic mass is 16.5. The second kappa shape index (κ2) is 7.31. The Morgan fingerprint density at radius 3 is 2.69 bits per heavy atom. The van der Waals surface area contributed by atoms with E-state index in [2.05, 4.69) is 5.32 Å². The molecule has 0 spiro atoms. The van der Waals surface area contributed by atoms with E-state index in [0.29, 0.717) is 17.9 Å². The third kappa shape index (κ3) is 3.70. The molecule has 3 aromatic carbocycles. The molecule has 1 N–H and O–H groups in total. The zero-order chi connectivity index (χ0) is 17.8. The molecule has 4 heteroatoms. The van der Waals surface area contributed by atoms with E-state index in [1.165, 1.54) is 5.56 Å². The van der Waals surface area contributed by atoms with Gasteiger partial charge in [-0.05, 0) is 41.5 Å². The van der Waals surface area contributed by atoms with Crippen molar-refractivity contribution in [2.75, 3.05) is 11.9 Å². The lowest BCUT2D eigenvalue weighted by atomic mass is 10.1. The van der Waals surface area contributed by atoms with Gasteiger partial charge in [-0.3, -0.25) is 4.79 Å². The molecule has 1 heterocycles. The summed E-state index contributed by atoms with van der Waals surface area (Å²) < 4.78 is 11.4. The molecule has 4 rings (SSSR count). The smallest absolute Gasteiger partial charge is 0.228 e. The fourth-order valence-electron chi connectivity index (χ4n) is 3.00. The van der Waals surface area contributed by atoms with Gasteiger partial charge in [0.1, 0.15) is 11.5 Å². The maximum atomic E-state index is 12.5. The highest BCUT2D eigenvalue weighted by Gasteiger charge is 2.14. The minimum absolute atomic E-state index is 0.0759. The van der Waals surface area contributed by atoms with Crippen LogP contribution in [0, 0.1) is 0 Å². The monoisotopic (exact) mass is 345 g/mol. The standard InChI is InChI=1S/C22H19NO3/c24-22(15-16-10-11-20-17(14-16)12-13-25-20)23-19-8-4-5-9-21(19)26-18-6-2-1-3-7-18/h1-11,14H,12-13,15H2,(H,23,24). The van der Waals surface area contributed by atoms with Gasteiger partial charge in [-0.15, -0.1) is 0 Å². The summed E-state index contributed by atoms with van der Waals surface area (Å²) in [6.07, 6.45) is 1.21. The van der Waals surface area contributed by atoms with E-state index in [0.717, 1.165) is 30.1 Å². The van der Waals surface area contributed by atoms with E-state index in [4.69, 9.17) is 9.47 Å². The van der Waals surface area contributed by atoms with E-state index >= 15 is 0 Å². The molecule has 0 radical (unpaired) electrons. The molecular formula is C22H19NO3. The van der Waals surface area contributed by atoms with Crippen LogP contribution >= 0.6 is 0 Å². The summed E-state index contributed by atoms with van der Waals surface area (Å²) >= 11 is 0. The van der Waals surface area contributed by atoms with Crippen LogP contribution in [0.4, 0.5) is 5.69 Å². The fraction of sp³-hybridized carbons (Fsp3) is 0.136. The Kier molecular flexibility index (Phi) is 4.56. The number of rotatable bonds is 5. The Morgan fingerprint density at radius 2 is 1.81 bits per heavy atom. The van der Waals surface area contributed by atoms with Crippen LogP contribution in [-0.4, -0.2) is 12.5 Å². The van der Waals surface area contributed by atoms with Crippen molar-refractivity contribution in [3.63, 3.8) is 0 Å². The molecule has 1 amide bonds. The molecule has 3 aromatic rings. The summed E-state index contributed by atoms with van der Waals surface area (Å²) in [5.74, 6) is 2.20. The molecule has 0 bridgehead atoms.